The number of amides is 2. The van der Waals surface area contributed by atoms with Gasteiger partial charge in [-0.1, -0.05) is 30.3 Å². The van der Waals surface area contributed by atoms with Crippen molar-refractivity contribution >= 4 is 23.6 Å². The molecule has 0 radical (unpaired) electrons. The molecule has 0 fully saturated rings. The van der Waals surface area contributed by atoms with Crippen LogP contribution in [0, 0.1) is 0 Å². The van der Waals surface area contributed by atoms with E-state index in [-0.39, 0.29) is 24.7 Å². The first kappa shape index (κ1) is 27.5. The van der Waals surface area contributed by atoms with Crippen LogP contribution in [-0.4, -0.2) is 36.4 Å². The molecule has 196 valence electrons. The molecule has 1 unspecified atom stereocenters. The lowest BCUT2D eigenvalue weighted by Gasteiger charge is -2.19. The number of nitrogens with two attached hydrogens (primary N) is 1. The van der Waals surface area contributed by atoms with Gasteiger partial charge in [-0.2, -0.15) is 0 Å². The third-order valence-corrected chi connectivity index (χ3v) is 5.24. The lowest BCUT2D eigenvalue weighted by Crippen LogP contribution is -2.34. The van der Waals surface area contributed by atoms with E-state index in [4.69, 9.17) is 5.73 Å². The highest BCUT2D eigenvalue weighted by molar-refractivity contribution is 5.96. The molecule has 1 aliphatic carbocycles. The van der Waals surface area contributed by atoms with Crippen molar-refractivity contribution in [1.82, 2.24) is 10.6 Å². The van der Waals surface area contributed by atoms with Gasteiger partial charge in [0.2, 0.25) is 11.8 Å². The second kappa shape index (κ2) is 12.7. The number of nitrogens with one attached hydrogen (secondary N) is 3. The molecular formula is C26H27F3N4O4. The van der Waals surface area contributed by atoms with Crippen LogP contribution in [-0.2, 0) is 9.59 Å². The van der Waals surface area contributed by atoms with Gasteiger partial charge in [-0.25, -0.2) is 0 Å². The third-order valence-electron chi connectivity index (χ3n) is 5.24. The number of aliphatic hydroxyl groups excluding tert-OH is 1. The summed E-state index contributed by atoms with van der Waals surface area (Å²) in [6.45, 7) is -0.0783. The summed E-state index contributed by atoms with van der Waals surface area (Å²) in [5.74, 6) is -1.22. The van der Waals surface area contributed by atoms with Gasteiger partial charge in [0.1, 0.15) is 11.8 Å². The summed E-state index contributed by atoms with van der Waals surface area (Å²) in [4.78, 5) is 25.1. The Labute approximate surface area is 211 Å². The van der Waals surface area contributed by atoms with E-state index >= 15 is 0 Å². The minimum absolute atomic E-state index is 0.131. The quantitative estimate of drug-likeness (QED) is 0.308. The summed E-state index contributed by atoms with van der Waals surface area (Å²) >= 11 is 0. The van der Waals surface area contributed by atoms with Crippen LogP contribution in [0.4, 0.5) is 18.9 Å². The van der Waals surface area contributed by atoms with E-state index < -0.39 is 24.1 Å². The highest BCUT2D eigenvalue weighted by Gasteiger charge is 2.31. The highest BCUT2D eigenvalue weighted by atomic mass is 19.4. The smallest absolute Gasteiger partial charge is 0.406 e. The summed E-state index contributed by atoms with van der Waals surface area (Å²) in [5.41, 5.74) is 8.67. The molecule has 8 nitrogen and oxygen atoms in total. The van der Waals surface area contributed by atoms with Crippen molar-refractivity contribution in [3.63, 3.8) is 0 Å². The fraction of sp³-hybridized carbons (Fsp3) is 0.231. The molecule has 1 atom stereocenters. The van der Waals surface area contributed by atoms with Gasteiger partial charge in [-0.3, -0.25) is 14.9 Å². The van der Waals surface area contributed by atoms with E-state index in [0.29, 0.717) is 28.9 Å². The normalized spacial score (nSPS) is 14.5. The number of hydrogen-bond donors (Lipinski definition) is 5. The molecule has 0 heterocycles. The number of aliphatic hydroxyl groups is 1. The first-order valence-electron chi connectivity index (χ1n) is 11.4. The fourth-order valence-corrected chi connectivity index (χ4v) is 3.47. The Kier molecular flexibility index (Phi) is 9.47. The van der Waals surface area contributed by atoms with Gasteiger partial charge in [-0.15, -0.1) is 13.2 Å². The minimum Gasteiger partial charge on any atom is -0.406 e. The molecule has 3 rings (SSSR count). The summed E-state index contributed by atoms with van der Waals surface area (Å²) in [5, 5.41) is 17.5. The van der Waals surface area contributed by atoms with E-state index in [9.17, 15) is 27.9 Å². The molecule has 0 saturated carbocycles. The molecule has 0 aromatic heterocycles. The lowest BCUT2D eigenvalue weighted by molar-refractivity contribution is -0.274. The summed E-state index contributed by atoms with van der Waals surface area (Å²) in [6, 6.07) is 10.7. The maximum atomic E-state index is 12.9. The number of ether oxygens (including phenoxy) is 1. The number of rotatable bonds is 10. The van der Waals surface area contributed by atoms with Crippen LogP contribution in [0.2, 0.25) is 0 Å². The molecular weight excluding hydrogens is 489 g/mol. The second-order valence-corrected chi connectivity index (χ2v) is 8.04. The minimum atomic E-state index is -4.81. The van der Waals surface area contributed by atoms with Crippen LogP contribution < -0.4 is 26.4 Å². The average molecular weight is 517 g/mol. The molecule has 0 aliphatic heterocycles. The molecule has 11 heteroatoms. The van der Waals surface area contributed by atoms with E-state index in [1.807, 2.05) is 6.08 Å². The Balaban J connectivity index is 1.64. The van der Waals surface area contributed by atoms with Crippen LogP contribution in [0.15, 0.2) is 78.2 Å². The van der Waals surface area contributed by atoms with Gasteiger partial charge in [-0.05, 0) is 60.4 Å². The first-order valence-corrected chi connectivity index (χ1v) is 11.4. The van der Waals surface area contributed by atoms with Crippen molar-refractivity contribution in [1.29, 1.82) is 0 Å². The zero-order chi connectivity index (χ0) is 26.8. The predicted octanol–water partition coefficient (Wildman–Crippen LogP) is 3.50. The monoisotopic (exact) mass is 516 g/mol. The van der Waals surface area contributed by atoms with Crippen molar-refractivity contribution in [2.45, 2.75) is 25.2 Å². The van der Waals surface area contributed by atoms with Crippen LogP contribution in [0.5, 0.6) is 5.75 Å². The molecule has 6 N–H and O–H groups in total. The molecule has 0 saturated heterocycles. The largest absolute Gasteiger partial charge is 0.573 e. The fourth-order valence-electron chi connectivity index (χ4n) is 3.47. The SMILES string of the molecule is NC1=C(NC(=O)/C=C/c2ccc(C(NCCO)C(=O)Nc3ccc(OC(F)(F)F)cc3)cc2)C=CCC1. The Bertz CT molecular complexity index is 1170. The van der Waals surface area contributed by atoms with Crippen LogP contribution in [0.1, 0.15) is 30.0 Å². The zero-order valence-electron chi connectivity index (χ0n) is 19.7. The number of carbonyl (C=O) groups excluding carboxylic acids is 2. The Morgan fingerprint density at radius 1 is 1.08 bits per heavy atom. The number of hydrogen-bond acceptors (Lipinski definition) is 6. The molecule has 37 heavy (non-hydrogen) atoms. The summed E-state index contributed by atoms with van der Waals surface area (Å²) in [6.07, 6.45) is 3.41. The Morgan fingerprint density at radius 2 is 1.78 bits per heavy atom. The number of alkyl halides is 3. The molecule has 2 aromatic carbocycles. The highest BCUT2D eigenvalue weighted by Crippen LogP contribution is 2.25. The average Bonchev–Trinajstić information content (AvgIpc) is 2.85. The van der Waals surface area contributed by atoms with Crippen molar-refractivity contribution in [3.05, 3.63) is 89.3 Å². The standard InChI is InChI=1S/C26H27F3N4O4/c27-26(28,29)37-20-12-10-19(11-13-20)32-25(36)24(31-15-16-34)18-8-5-17(6-9-18)7-14-23(35)33-22-4-2-1-3-21(22)30/h2,4-14,24,31,34H,1,3,15-16,30H2,(H,32,36)(H,33,35)/b14-7+. The third kappa shape index (κ3) is 8.81. The van der Waals surface area contributed by atoms with Gasteiger partial charge in [0.15, 0.2) is 0 Å². The van der Waals surface area contributed by atoms with Gasteiger partial charge in [0.25, 0.3) is 0 Å². The van der Waals surface area contributed by atoms with Crippen molar-refractivity contribution < 1.29 is 32.6 Å². The number of anilines is 1. The van der Waals surface area contributed by atoms with E-state index in [0.717, 1.165) is 18.6 Å². The molecule has 0 bridgehead atoms. The van der Waals surface area contributed by atoms with Gasteiger partial charge in [0, 0.05) is 24.0 Å². The number of halogens is 3. The predicted molar refractivity (Wildman–Crippen MR) is 133 cm³/mol. The van der Waals surface area contributed by atoms with Crippen LogP contribution in [0.25, 0.3) is 6.08 Å². The van der Waals surface area contributed by atoms with Crippen LogP contribution >= 0.6 is 0 Å². The van der Waals surface area contributed by atoms with Gasteiger partial charge in [0.05, 0.1) is 12.3 Å². The number of allylic oxidation sites excluding steroid dienone is 3. The van der Waals surface area contributed by atoms with E-state index in [2.05, 4.69) is 20.7 Å². The van der Waals surface area contributed by atoms with E-state index in [1.54, 1.807) is 36.4 Å². The second-order valence-electron chi connectivity index (χ2n) is 8.04. The summed E-state index contributed by atoms with van der Waals surface area (Å²) in [7, 11) is 0. The van der Waals surface area contributed by atoms with Crippen LogP contribution in [0.3, 0.4) is 0 Å². The molecule has 2 amide bonds. The Hall–Kier alpha value is -4.09. The zero-order valence-corrected chi connectivity index (χ0v) is 19.7. The number of carbonyl (C=O) groups is 2. The Morgan fingerprint density at radius 3 is 2.41 bits per heavy atom. The topological polar surface area (TPSA) is 126 Å². The molecule has 0 spiro atoms. The van der Waals surface area contributed by atoms with Crippen molar-refractivity contribution in [2.75, 3.05) is 18.5 Å². The lowest BCUT2D eigenvalue weighted by atomic mass is 10.0. The number of benzene rings is 2. The maximum Gasteiger partial charge on any atom is 0.573 e. The van der Waals surface area contributed by atoms with Crippen molar-refractivity contribution in [2.24, 2.45) is 5.73 Å². The maximum absolute atomic E-state index is 12.9. The van der Waals surface area contributed by atoms with Gasteiger partial charge >= 0.3 is 6.36 Å². The van der Waals surface area contributed by atoms with Gasteiger partial charge < -0.3 is 26.2 Å². The van der Waals surface area contributed by atoms with Crippen molar-refractivity contribution in [3.8, 4) is 5.75 Å². The van der Waals surface area contributed by atoms with E-state index in [1.165, 1.54) is 18.2 Å². The summed E-state index contributed by atoms with van der Waals surface area (Å²) < 4.78 is 40.8. The molecule has 1 aliphatic rings. The first-order chi connectivity index (χ1) is 17.6. The molecule has 2 aromatic rings.